The Morgan fingerprint density at radius 2 is 2.07 bits per heavy atom. The molecule has 0 amide bonds. The lowest BCUT2D eigenvalue weighted by molar-refractivity contribution is 0.453. The maximum absolute atomic E-state index is 9.76. The average Bonchev–Trinajstić information content (AvgIpc) is 2.18. The van der Waals surface area contributed by atoms with E-state index in [0.29, 0.717) is 12.3 Å². The van der Waals surface area contributed by atoms with Crippen molar-refractivity contribution in [2.24, 2.45) is 11.5 Å². The lowest BCUT2D eigenvalue weighted by atomic mass is 10.00. The first-order valence-corrected chi connectivity index (χ1v) is 4.91. The lowest BCUT2D eigenvalue weighted by Gasteiger charge is -2.14. The van der Waals surface area contributed by atoms with Gasteiger partial charge in [-0.1, -0.05) is 18.2 Å². The smallest absolute Gasteiger partial charge is 0.123 e. The van der Waals surface area contributed by atoms with Crippen LogP contribution in [0, 0.1) is 6.92 Å². The molecule has 0 heterocycles. The number of para-hydroxylation sites is 1. The molecule has 0 bridgehead atoms. The summed E-state index contributed by atoms with van der Waals surface area (Å²) in [5.41, 5.74) is 13.0. The molecule has 0 aliphatic rings. The highest BCUT2D eigenvalue weighted by molar-refractivity contribution is 5.85. The number of nitrogens with two attached hydrogens (primary N) is 2. The molecule has 1 aromatic rings. The van der Waals surface area contributed by atoms with Crippen LogP contribution in [0.4, 0.5) is 0 Å². The van der Waals surface area contributed by atoms with Crippen molar-refractivity contribution in [1.82, 2.24) is 0 Å². The molecule has 0 aliphatic carbocycles. The molecule has 4 heteroatoms. The minimum Gasteiger partial charge on any atom is -0.507 e. The average molecular weight is 231 g/mol. The third kappa shape index (κ3) is 3.70. The molecule has 0 aliphatic heterocycles. The maximum Gasteiger partial charge on any atom is 0.123 e. The van der Waals surface area contributed by atoms with Crippen LogP contribution in [0.25, 0.3) is 0 Å². The van der Waals surface area contributed by atoms with Gasteiger partial charge in [0.25, 0.3) is 0 Å². The molecule has 0 radical (unpaired) electrons. The fraction of sp³-hybridized carbons (Fsp3) is 0.455. The zero-order valence-electron chi connectivity index (χ0n) is 8.94. The van der Waals surface area contributed by atoms with Gasteiger partial charge in [0.2, 0.25) is 0 Å². The molecule has 1 atom stereocenters. The number of phenolic OH excluding ortho intramolecular Hbond substituents is 1. The van der Waals surface area contributed by atoms with Crippen molar-refractivity contribution in [3.05, 3.63) is 29.3 Å². The summed E-state index contributed by atoms with van der Waals surface area (Å²) in [5.74, 6) is 0.317. The summed E-state index contributed by atoms with van der Waals surface area (Å²) >= 11 is 0. The van der Waals surface area contributed by atoms with Gasteiger partial charge in [0.05, 0.1) is 0 Å². The molecule has 0 fully saturated rings. The largest absolute Gasteiger partial charge is 0.507 e. The minimum atomic E-state index is -0.113. The van der Waals surface area contributed by atoms with Gasteiger partial charge in [-0.15, -0.1) is 12.4 Å². The molecule has 0 unspecified atom stereocenters. The number of hydrogen-bond donors (Lipinski definition) is 3. The van der Waals surface area contributed by atoms with Crippen molar-refractivity contribution < 1.29 is 5.11 Å². The molecule has 0 saturated heterocycles. The Morgan fingerprint density at radius 1 is 1.40 bits per heavy atom. The summed E-state index contributed by atoms with van der Waals surface area (Å²) in [5, 5.41) is 9.76. The van der Waals surface area contributed by atoms with Crippen LogP contribution in [0.2, 0.25) is 0 Å². The van der Waals surface area contributed by atoms with E-state index in [0.717, 1.165) is 24.0 Å². The number of aromatic hydroxyl groups is 1. The van der Waals surface area contributed by atoms with E-state index >= 15 is 0 Å². The van der Waals surface area contributed by atoms with E-state index in [1.807, 2.05) is 25.1 Å². The summed E-state index contributed by atoms with van der Waals surface area (Å²) in [4.78, 5) is 0. The number of aryl methyl sites for hydroxylation is 1. The van der Waals surface area contributed by atoms with Gasteiger partial charge >= 0.3 is 0 Å². The highest BCUT2D eigenvalue weighted by atomic mass is 35.5. The van der Waals surface area contributed by atoms with Crippen LogP contribution in [0.1, 0.15) is 30.0 Å². The summed E-state index contributed by atoms with van der Waals surface area (Å²) < 4.78 is 0. The Labute approximate surface area is 96.9 Å². The van der Waals surface area contributed by atoms with Crippen LogP contribution >= 0.6 is 12.4 Å². The summed E-state index contributed by atoms with van der Waals surface area (Å²) in [6, 6.07) is 5.53. The van der Waals surface area contributed by atoms with Gasteiger partial charge < -0.3 is 16.6 Å². The monoisotopic (exact) mass is 230 g/mol. The summed E-state index contributed by atoms with van der Waals surface area (Å²) in [6.07, 6.45) is 1.70. The van der Waals surface area contributed by atoms with E-state index in [4.69, 9.17) is 11.5 Å². The molecular formula is C11H19ClN2O. The molecule has 0 saturated carbocycles. The predicted octanol–water partition coefficient (Wildman–Crippen LogP) is 1.86. The first-order valence-electron chi connectivity index (χ1n) is 4.91. The Kier molecular flexibility index (Phi) is 6.32. The van der Waals surface area contributed by atoms with Crippen molar-refractivity contribution in [1.29, 1.82) is 0 Å². The zero-order chi connectivity index (χ0) is 10.6. The number of phenols is 1. The van der Waals surface area contributed by atoms with Crippen molar-refractivity contribution >= 4 is 12.4 Å². The van der Waals surface area contributed by atoms with Gasteiger partial charge in [0.15, 0.2) is 0 Å². The zero-order valence-corrected chi connectivity index (χ0v) is 9.76. The van der Waals surface area contributed by atoms with E-state index in [1.165, 1.54) is 0 Å². The van der Waals surface area contributed by atoms with Crippen LogP contribution in [-0.2, 0) is 0 Å². The van der Waals surface area contributed by atoms with Crippen LogP contribution < -0.4 is 11.5 Å². The first kappa shape index (κ1) is 14.2. The topological polar surface area (TPSA) is 72.3 Å². The van der Waals surface area contributed by atoms with E-state index in [9.17, 15) is 5.11 Å². The van der Waals surface area contributed by atoms with E-state index in [-0.39, 0.29) is 18.4 Å². The molecule has 1 aromatic carbocycles. The molecule has 5 N–H and O–H groups in total. The van der Waals surface area contributed by atoms with Gasteiger partial charge in [-0.2, -0.15) is 0 Å². The highest BCUT2D eigenvalue weighted by Gasteiger charge is 2.11. The lowest BCUT2D eigenvalue weighted by Crippen LogP contribution is -2.12. The molecule has 0 spiro atoms. The fourth-order valence-corrected chi connectivity index (χ4v) is 1.47. The van der Waals surface area contributed by atoms with Crippen LogP contribution in [0.5, 0.6) is 5.75 Å². The van der Waals surface area contributed by atoms with E-state index in [2.05, 4.69) is 0 Å². The molecule has 0 aromatic heterocycles. The highest BCUT2D eigenvalue weighted by Crippen LogP contribution is 2.28. The van der Waals surface area contributed by atoms with Gasteiger partial charge in [0, 0.05) is 11.6 Å². The molecule has 86 valence electrons. The second-order valence-electron chi connectivity index (χ2n) is 3.55. The Bertz CT molecular complexity index is 305. The van der Waals surface area contributed by atoms with E-state index in [1.54, 1.807) is 0 Å². The van der Waals surface area contributed by atoms with Crippen LogP contribution in [0.3, 0.4) is 0 Å². The fourth-order valence-electron chi connectivity index (χ4n) is 1.47. The molecular weight excluding hydrogens is 212 g/mol. The molecule has 15 heavy (non-hydrogen) atoms. The summed E-state index contributed by atoms with van der Waals surface area (Å²) in [6.45, 7) is 2.51. The second kappa shape index (κ2) is 6.67. The normalized spacial score (nSPS) is 11.9. The van der Waals surface area contributed by atoms with Gasteiger partial charge in [-0.3, -0.25) is 0 Å². The van der Waals surface area contributed by atoms with E-state index < -0.39 is 0 Å². The third-order valence-corrected chi connectivity index (χ3v) is 2.39. The Morgan fingerprint density at radius 3 is 2.67 bits per heavy atom. The van der Waals surface area contributed by atoms with Crippen molar-refractivity contribution in [2.75, 3.05) is 6.54 Å². The molecule has 1 rings (SSSR count). The number of rotatable bonds is 4. The van der Waals surface area contributed by atoms with Crippen molar-refractivity contribution in [3.63, 3.8) is 0 Å². The summed E-state index contributed by atoms with van der Waals surface area (Å²) in [7, 11) is 0. The SMILES string of the molecule is Cc1cccc([C@@H](N)CCCN)c1O.Cl. The third-order valence-electron chi connectivity index (χ3n) is 2.39. The number of halogens is 1. The number of benzene rings is 1. The Hall–Kier alpha value is -0.770. The Balaban J connectivity index is 0.00000196. The predicted molar refractivity (Wildman–Crippen MR) is 65.3 cm³/mol. The quantitative estimate of drug-likeness (QED) is 0.739. The minimum absolute atomic E-state index is 0. The number of hydrogen-bond acceptors (Lipinski definition) is 3. The van der Waals surface area contributed by atoms with Gasteiger partial charge in [-0.25, -0.2) is 0 Å². The standard InChI is InChI=1S/C11H18N2O.ClH/c1-8-4-2-5-9(11(8)14)10(13)6-3-7-12;/h2,4-5,10,14H,3,6-7,12-13H2,1H3;1H/t10-;/m0./s1. The van der Waals surface area contributed by atoms with Crippen molar-refractivity contribution in [2.45, 2.75) is 25.8 Å². The second-order valence-corrected chi connectivity index (χ2v) is 3.55. The van der Waals surface area contributed by atoms with Crippen LogP contribution in [-0.4, -0.2) is 11.7 Å². The van der Waals surface area contributed by atoms with Gasteiger partial charge in [0.1, 0.15) is 5.75 Å². The first-order chi connectivity index (χ1) is 6.66. The van der Waals surface area contributed by atoms with Crippen molar-refractivity contribution in [3.8, 4) is 5.75 Å². The van der Waals surface area contributed by atoms with Crippen LogP contribution in [0.15, 0.2) is 18.2 Å². The molecule has 3 nitrogen and oxygen atoms in total. The maximum atomic E-state index is 9.76. The van der Waals surface area contributed by atoms with Gasteiger partial charge in [-0.05, 0) is 31.9 Å².